The van der Waals surface area contributed by atoms with Crippen molar-refractivity contribution in [1.29, 1.82) is 0 Å². The van der Waals surface area contributed by atoms with Gasteiger partial charge in [0.15, 0.2) is 0 Å². The molecule has 0 radical (unpaired) electrons. The summed E-state index contributed by atoms with van der Waals surface area (Å²) in [7, 11) is 1.61. The van der Waals surface area contributed by atoms with Gasteiger partial charge in [-0.3, -0.25) is 15.5 Å². The first-order chi connectivity index (χ1) is 15.6. The maximum absolute atomic E-state index is 11.0. The van der Waals surface area contributed by atoms with Crippen LogP contribution in [0.25, 0.3) is 23.1 Å². The lowest BCUT2D eigenvalue weighted by molar-refractivity contribution is -0.384. The van der Waals surface area contributed by atoms with Crippen molar-refractivity contribution in [2.45, 2.75) is 0 Å². The molecule has 0 amide bonds. The van der Waals surface area contributed by atoms with E-state index in [1.807, 2.05) is 66.7 Å². The molecule has 0 saturated heterocycles. The van der Waals surface area contributed by atoms with Crippen molar-refractivity contribution in [2.24, 2.45) is 5.10 Å². The molecule has 4 rings (SSSR count). The van der Waals surface area contributed by atoms with Crippen molar-refractivity contribution in [3.63, 3.8) is 0 Å². The van der Waals surface area contributed by atoms with Crippen LogP contribution in [-0.4, -0.2) is 23.2 Å². The third-order valence-corrected chi connectivity index (χ3v) is 4.76. The molecule has 3 aromatic carbocycles. The summed E-state index contributed by atoms with van der Waals surface area (Å²) in [5.74, 6) is 0.706. The number of nitrogens with zero attached hydrogens (tertiary/aromatic N) is 3. The average molecular weight is 424 g/mol. The molecule has 1 N–H and O–H groups in total. The van der Waals surface area contributed by atoms with Crippen LogP contribution in [0.4, 0.5) is 11.4 Å². The second-order valence-corrected chi connectivity index (χ2v) is 6.94. The van der Waals surface area contributed by atoms with Crippen LogP contribution in [0.3, 0.4) is 0 Å². The monoisotopic (exact) mass is 424 g/mol. The molecule has 0 spiro atoms. The van der Waals surface area contributed by atoms with Gasteiger partial charge in [-0.15, -0.1) is 0 Å². The summed E-state index contributed by atoms with van der Waals surface area (Å²) in [6.45, 7) is 0. The molecule has 4 aromatic rings. The van der Waals surface area contributed by atoms with Crippen LogP contribution < -0.4 is 10.2 Å². The summed E-state index contributed by atoms with van der Waals surface area (Å²) >= 11 is 0. The lowest BCUT2D eigenvalue weighted by Gasteiger charge is -2.09. The second-order valence-electron chi connectivity index (χ2n) is 6.94. The van der Waals surface area contributed by atoms with E-state index in [9.17, 15) is 10.1 Å². The Bertz CT molecular complexity index is 1320. The van der Waals surface area contributed by atoms with Crippen LogP contribution in [0.2, 0.25) is 0 Å². The number of ether oxygens (including phenoxy) is 1. The van der Waals surface area contributed by atoms with E-state index in [0.717, 1.165) is 27.8 Å². The molecule has 0 atom stereocenters. The Labute approximate surface area is 184 Å². The van der Waals surface area contributed by atoms with Crippen LogP contribution in [0, 0.1) is 10.1 Å². The van der Waals surface area contributed by atoms with Gasteiger partial charge in [-0.1, -0.05) is 48.5 Å². The van der Waals surface area contributed by atoms with E-state index in [1.165, 1.54) is 12.1 Å². The molecule has 0 fully saturated rings. The first-order valence-electron chi connectivity index (χ1n) is 9.88. The highest BCUT2D eigenvalue weighted by atomic mass is 16.6. The predicted octanol–water partition coefficient (Wildman–Crippen LogP) is 5.77. The number of benzene rings is 3. The van der Waals surface area contributed by atoms with Crippen molar-refractivity contribution in [3.05, 3.63) is 106 Å². The van der Waals surface area contributed by atoms with E-state index in [-0.39, 0.29) is 5.69 Å². The standard InChI is InChI=1S/C25H20N4O3/c1-32-22-12-13-24-23(16-22)25(15-20(27-24)11-10-18-6-3-2-4-7-18)28-26-17-19-8-5-9-21(14-19)29(30)31/h2-17H,1H3,(H,27,28)/b11-10+,26-17-. The van der Waals surface area contributed by atoms with Crippen molar-refractivity contribution >= 4 is 40.6 Å². The van der Waals surface area contributed by atoms with Crippen LogP contribution in [0.1, 0.15) is 16.8 Å². The lowest BCUT2D eigenvalue weighted by Crippen LogP contribution is -1.96. The zero-order chi connectivity index (χ0) is 22.3. The first kappa shape index (κ1) is 20.7. The molecule has 0 aliphatic rings. The van der Waals surface area contributed by atoms with E-state index in [0.29, 0.717) is 11.3 Å². The highest BCUT2D eigenvalue weighted by molar-refractivity contribution is 5.94. The number of hydrazone groups is 1. The first-order valence-corrected chi connectivity index (χ1v) is 9.88. The number of methoxy groups -OCH3 is 1. The molecule has 0 saturated carbocycles. The summed E-state index contributed by atoms with van der Waals surface area (Å²) in [4.78, 5) is 15.3. The number of anilines is 1. The number of aromatic nitrogens is 1. The zero-order valence-corrected chi connectivity index (χ0v) is 17.3. The number of nitro benzene ring substituents is 1. The van der Waals surface area contributed by atoms with Gasteiger partial charge in [0.05, 0.1) is 35.1 Å². The maximum atomic E-state index is 11.0. The Hall–Kier alpha value is -4.52. The molecular formula is C25H20N4O3. The largest absolute Gasteiger partial charge is 0.497 e. The van der Waals surface area contributed by atoms with E-state index < -0.39 is 4.92 Å². The number of pyridine rings is 1. The number of nitro groups is 1. The third-order valence-electron chi connectivity index (χ3n) is 4.76. The smallest absolute Gasteiger partial charge is 0.270 e. The Morgan fingerprint density at radius 1 is 0.969 bits per heavy atom. The summed E-state index contributed by atoms with van der Waals surface area (Å²) in [5.41, 5.74) is 7.04. The van der Waals surface area contributed by atoms with Gasteiger partial charge in [0.25, 0.3) is 5.69 Å². The number of non-ortho nitro benzene ring substituents is 1. The second kappa shape index (κ2) is 9.53. The van der Waals surface area contributed by atoms with Gasteiger partial charge in [0, 0.05) is 23.1 Å². The molecule has 1 heterocycles. The van der Waals surface area contributed by atoms with Gasteiger partial charge in [-0.05, 0) is 35.9 Å². The molecular weight excluding hydrogens is 404 g/mol. The molecule has 0 aliphatic heterocycles. The fraction of sp³-hybridized carbons (Fsp3) is 0.0400. The van der Waals surface area contributed by atoms with E-state index in [2.05, 4.69) is 10.5 Å². The summed E-state index contributed by atoms with van der Waals surface area (Å²) < 4.78 is 5.35. The molecule has 0 unspecified atom stereocenters. The van der Waals surface area contributed by atoms with Crippen LogP contribution in [-0.2, 0) is 0 Å². The topological polar surface area (TPSA) is 89.7 Å². The van der Waals surface area contributed by atoms with Crippen molar-refractivity contribution in [2.75, 3.05) is 12.5 Å². The van der Waals surface area contributed by atoms with E-state index >= 15 is 0 Å². The van der Waals surface area contributed by atoms with E-state index in [1.54, 1.807) is 25.5 Å². The zero-order valence-electron chi connectivity index (χ0n) is 17.3. The quantitative estimate of drug-likeness (QED) is 0.231. The maximum Gasteiger partial charge on any atom is 0.270 e. The number of hydrogen-bond donors (Lipinski definition) is 1. The molecule has 32 heavy (non-hydrogen) atoms. The summed E-state index contributed by atoms with van der Waals surface area (Å²) in [6, 6.07) is 23.8. The minimum atomic E-state index is -0.432. The highest BCUT2D eigenvalue weighted by Crippen LogP contribution is 2.28. The number of fused-ring (bicyclic) bond motifs is 1. The molecule has 7 heteroatoms. The van der Waals surface area contributed by atoms with Gasteiger partial charge in [0.1, 0.15) is 5.75 Å². The van der Waals surface area contributed by atoms with Crippen molar-refractivity contribution in [3.8, 4) is 5.75 Å². The average Bonchev–Trinajstić information content (AvgIpc) is 2.83. The molecule has 7 nitrogen and oxygen atoms in total. The van der Waals surface area contributed by atoms with Gasteiger partial charge < -0.3 is 4.74 Å². The SMILES string of the molecule is COc1ccc2nc(/C=C/c3ccccc3)cc(N/N=C\c3cccc([N+](=O)[O-])c3)c2c1. The fourth-order valence-electron chi connectivity index (χ4n) is 3.17. The van der Waals surface area contributed by atoms with Crippen molar-refractivity contribution in [1.82, 2.24) is 4.98 Å². The molecule has 1 aromatic heterocycles. The van der Waals surface area contributed by atoms with Gasteiger partial charge in [0.2, 0.25) is 0 Å². The number of nitrogens with one attached hydrogen (secondary N) is 1. The summed E-state index contributed by atoms with van der Waals surface area (Å²) in [5, 5.41) is 16.1. The van der Waals surface area contributed by atoms with Crippen LogP contribution >= 0.6 is 0 Å². The van der Waals surface area contributed by atoms with Gasteiger partial charge in [-0.25, -0.2) is 4.98 Å². The van der Waals surface area contributed by atoms with Gasteiger partial charge >= 0.3 is 0 Å². The fourth-order valence-corrected chi connectivity index (χ4v) is 3.17. The summed E-state index contributed by atoms with van der Waals surface area (Å²) in [6.07, 6.45) is 5.47. The Kier molecular flexibility index (Phi) is 6.17. The predicted molar refractivity (Wildman–Crippen MR) is 128 cm³/mol. The highest BCUT2D eigenvalue weighted by Gasteiger charge is 2.07. The Morgan fingerprint density at radius 3 is 2.56 bits per heavy atom. The van der Waals surface area contributed by atoms with Gasteiger partial charge in [-0.2, -0.15) is 5.10 Å². The minimum Gasteiger partial charge on any atom is -0.497 e. The molecule has 158 valence electrons. The van der Waals surface area contributed by atoms with Crippen LogP contribution in [0.15, 0.2) is 84.0 Å². The molecule has 0 bridgehead atoms. The normalized spacial score (nSPS) is 11.3. The Morgan fingerprint density at radius 2 is 1.78 bits per heavy atom. The van der Waals surface area contributed by atoms with E-state index in [4.69, 9.17) is 9.72 Å². The van der Waals surface area contributed by atoms with Crippen molar-refractivity contribution < 1.29 is 9.66 Å². The van der Waals surface area contributed by atoms with Crippen LogP contribution in [0.5, 0.6) is 5.75 Å². The third kappa shape index (κ3) is 4.96. The molecule has 0 aliphatic carbocycles. The number of rotatable bonds is 7. The number of hydrogen-bond acceptors (Lipinski definition) is 6. The minimum absolute atomic E-state index is 0.0152. The lowest BCUT2D eigenvalue weighted by atomic mass is 10.1. The Balaban J connectivity index is 1.67.